The Bertz CT molecular complexity index is 139. The molecule has 1 heteroatoms. The highest BCUT2D eigenvalue weighted by Gasteiger charge is 1.83. The van der Waals surface area contributed by atoms with Gasteiger partial charge in [0.05, 0.1) is 0 Å². The minimum absolute atomic E-state index is 0.963. The molecule has 0 heterocycles. The van der Waals surface area contributed by atoms with Crippen LogP contribution >= 0.6 is 0 Å². The molecule has 0 rings (SSSR count). The summed E-state index contributed by atoms with van der Waals surface area (Å²) in [4.78, 5) is 0. The molecule has 0 amide bonds. The van der Waals surface area contributed by atoms with Crippen LogP contribution in [0.2, 0.25) is 0 Å². The molecule has 0 fully saturated rings. The molecule has 0 spiro atoms. The van der Waals surface area contributed by atoms with Gasteiger partial charge in [-0.1, -0.05) is 6.08 Å². The first kappa shape index (κ1) is 10.3. The fourth-order valence-corrected chi connectivity index (χ4v) is 0.772. The van der Waals surface area contributed by atoms with Crippen molar-refractivity contribution < 1.29 is 0 Å². The van der Waals surface area contributed by atoms with Gasteiger partial charge in [0.15, 0.2) is 0 Å². The van der Waals surface area contributed by atoms with Crippen molar-refractivity contribution in [2.24, 2.45) is 0 Å². The Hall–Kier alpha value is -0.740. The van der Waals surface area contributed by atoms with Gasteiger partial charge < -0.3 is 5.32 Å². The summed E-state index contributed by atoms with van der Waals surface area (Å²) >= 11 is 0. The minimum atomic E-state index is 0.963. The zero-order valence-electron chi connectivity index (χ0n) is 7.32. The van der Waals surface area contributed by atoms with Crippen molar-refractivity contribution in [2.75, 3.05) is 13.1 Å². The average Bonchev–Trinajstić information content (AvgIpc) is 2.03. The molecule has 0 aliphatic rings. The predicted molar refractivity (Wildman–Crippen MR) is 50.4 cm³/mol. The van der Waals surface area contributed by atoms with E-state index < -0.39 is 0 Å². The van der Waals surface area contributed by atoms with Crippen molar-refractivity contribution in [1.82, 2.24) is 5.32 Å². The summed E-state index contributed by atoms with van der Waals surface area (Å²) in [5.74, 6) is 5.87. The molecule has 0 aliphatic heterocycles. The predicted octanol–water partition coefficient (Wildman–Crippen LogP) is 1.96. The van der Waals surface area contributed by atoms with E-state index in [4.69, 9.17) is 0 Å². The van der Waals surface area contributed by atoms with Gasteiger partial charge in [-0.2, -0.15) is 0 Å². The van der Waals surface area contributed by atoms with E-state index in [0.29, 0.717) is 0 Å². The summed E-state index contributed by atoms with van der Waals surface area (Å²) in [5.41, 5.74) is 0. The average molecular weight is 151 g/mol. The highest BCUT2D eigenvalue weighted by molar-refractivity contribution is 4.95. The molecule has 0 saturated heterocycles. The van der Waals surface area contributed by atoms with E-state index in [-0.39, 0.29) is 0 Å². The van der Waals surface area contributed by atoms with Crippen molar-refractivity contribution in [2.45, 2.75) is 26.2 Å². The summed E-state index contributed by atoms with van der Waals surface area (Å²) in [7, 11) is 0. The fourth-order valence-electron chi connectivity index (χ4n) is 0.772. The first-order valence-electron chi connectivity index (χ1n) is 4.13. The summed E-state index contributed by atoms with van der Waals surface area (Å²) in [6.45, 7) is 7.62. The van der Waals surface area contributed by atoms with Crippen molar-refractivity contribution in [3.8, 4) is 11.8 Å². The second kappa shape index (κ2) is 9.26. The van der Waals surface area contributed by atoms with Crippen LogP contribution in [0.1, 0.15) is 26.2 Å². The Morgan fingerprint density at radius 2 is 2.27 bits per heavy atom. The number of hydrogen-bond acceptors (Lipinski definition) is 1. The number of hydrogen-bond donors (Lipinski definition) is 1. The number of allylic oxidation sites excluding steroid dienone is 1. The number of rotatable bonds is 6. The van der Waals surface area contributed by atoms with Crippen molar-refractivity contribution in [3.63, 3.8) is 0 Å². The maximum atomic E-state index is 3.66. The molecule has 0 saturated carbocycles. The standard InChI is InChI=1S/C10H17N/c1-3-5-7-9-11-10-8-6-4-2/h3,11H,1,5,7-10H2,2H3. The van der Waals surface area contributed by atoms with Crippen LogP contribution in [0.4, 0.5) is 0 Å². The Kier molecular flexibility index (Phi) is 8.64. The molecule has 0 aromatic rings. The van der Waals surface area contributed by atoms with Gasteiger partial charge in [0, 0.05) is 13.0 Å². The van der Waals surface area contributed by atoms with E-state index in [1.54, 1.807) is 0 Å². The van der Waals surface area contributed by atoms with Crippen LogP contribution < -0.4 is 5.32 Å². The first-order chi connectivity index (χ1) is 5.41. The zero-order valence-corrected chi connectivity index (χ0v) is 7.32. The number of unbranched alkanes of at least 4 members (excludes halogenated alkanes) is 1. The smallest absolute Gasteiger partial charge is 0.0214 e. The molecule has 0 aromatic carbocycles. The SMILES string of the molecule is C=CCCCNCCC#CC. The molecule has 1 N–H and O–H groups in total. The van der Waals surface area contributed by atoms with Gasteiger partial charge in [0.2, 0.25) is 0 Å². The third-order valence-electron chi connectivity index (χ3n) is 1.37. The maximum Gasteiger partial charge on any atom is 0.0214 e. The monoisotopic (exact) mass is 151 g/mol. The van der Waals surface area contributed by atoms with Gasteiger partial charge in [0.25, 0.3) is 0 Å². The lowest BCUT2D eigenvalue weighted by Gasteiger charge is -1.98. The van der Waals surface area contributed by atoms with Crippen LogP contribution in [-0.4, -0.2) is 13.1 Å². The molecule has 0 aromatic heterocycles. The van der Waals surface area contributed by atoms with E-state index in [9.17, 15) is 0 Å². The van der Waals surface area contributed by atoms with Gasteiger partial charge in [-0.3, -0.25) is 0 Å². The normalized spacial score (nSPS) is 8.45. The Morgan fingerprint density at radius 3 is 2.91 bits per heavy atom. The Morgan fingerprint density at radius 1 is 1.45 bits per heavy atom. The van der Waals surface area contributed by atoms with E-state index in [0.717, 1.165) is 25.9 Å². The van der Waals surface area contributed by atoms with Gasteiger partial charge in [0.1, 0.15) is 0 Å². The summed E-state index contributed by atoms with van der Waals surface area (Å²) in [6, 6.07) is 0. The lowest BCUT2D eigenvalue weighted by molar-refractivity contribution is 0.663. The second-order valence-corrected chi connectivity index (χ2v) is 2.36. The van der Waals surface area contributed by atoms with Gasteiger partial charge >= 0.3 is 0 Å². The van der Waals surface area contributed by atoms with E-state index >= 15 is 0 Å². The highest BCUT2D eigenvalue weighted by Crippen LogP contribution is 1.85. The molecule has 0 atom stereocenters. The van der Waals surface area contributed by atoms with Crippen LogP contribution in [0, 0.1) is 11.8 Å². The summed E-state index contributed by atoms with van der Waals surface area (Å²) in [6.07, 6.45) is 5.20. The quantitative estimate of drug-likeness (QED) is 0.347. The number of nitrogens with one attached hydrogen (secondary N) is 1. The molecular weight excluding hydrogens is 134 g/mol. The Labute approximate surface area is 69.9 Å². The van der Waals surface area contributed by atoms with Crippen LogP contribution in [-0.2, 0) is 0 Å². The fraction of sp³-hybridized carbons (Fsp3) is 0.600. The molecule has 0 bridgehead atoms. The van der Waals surface area contributed by atoms with Crippen molar-refractivity contribution in [3.05, 3.63) is 12.7 Å². The molecule has 62 valence electrons. The minimum Gasteiger partial charge on any atom is -0.316 e. The summed E-state index contributed by atoms with van der Waals surface area (Å²) in [5, 5.41) is 3.30. The third kappa shape index (κ3) is 9.26. The molecule has 11 heavy (non-hydrogen) atoms. The van der Waals surface area contributed by atoms with Crippen molar-refractivity contribution >= 4 is 0 Å². The second-order valence-electron chi connectivity index (χ2n) is 2.36. The van der Waals surface area contributed by atoms with E-state index in [1.165, 1.54) is 6.42 Å². The largest absolute Gasteiger partial charge is 0.316 e. The molecule has 0 aliphatic carbocycles. The lowest BCUT2D eigenvalue weighted by Crippen LogP contribution is -2.15. The lowest BCUT2D eigenvalue weighted by atomic mass is 10.3. The molecular formula is C10H17N. The zero-order chi connectivity index (χ0) is 8.36. The summed E-state index contributed by atoms with van der Waals surface area (Å²) < 4.78 is 0. The van der Waals surface area contributed by atoms with Crippen LogP contribution in [0.25, 0.3) is 0 Å². The highest BCUT2D eigenvalue weighted by atomic mass is 14.8. The van der Waals surface area contributed by atoms with Crippen LogP contribution in [0.15, 0.2) is 12.7 Å². The van der Waals surface area contributed by atoms with Crippen molar-refractivity contribution in [1.29, 1.82) is 0 Å². The molecule has 1 nitrogen and oxygen atoms in total. The maximum absolute atomic E-state index is 3.66. The van der Waals surface area contributed by atoms with E-state index in [1.807, 2.05) is 13.0 Å². The van der Waals surface area contributed by atoms with Crippen LogP contribution in [0.5, 0.6) is 0 Å². The van der Waals surface area contributed by atoms with Gasteiger partial charge in [-0.15, -0.1) is 18.4 Å². The molecule has 0 unspecified atom stereocenters. The third-order valence-corrected chi connectivity index (χ3v) is 1.37. The first-order valence-corrected chi connectivity index (χ1v) is 4.13. The van der Waals surface area contributed by atoms with Gasteiger partial charge in [-0.05, 0) is 26.3 Å². The van der Waals surface area contributed by atoms with Crippen LogP contribution in [0.3, 0.4) is 0 Å². The topological polar surface area (TPSA) is 12.0 Å². The van der Waals surface area contributed by atoms with Gasteiger partial charge in [-0.25, -0.2) is 0 Å². The van der Waals surface area contributed by atoms with E-state index in [2.05, 4.69) is 23.7 Å². The molecule has 0 radical (unpaired) electrons. The Balaban J connectivity index is 2.88.